The molecule has 31 heavy (non-hydrogen) atoms. The van der Waals surface area contributed by atoms with Crippen LogP contribution in [0.3, 0.4) is 0 Å². The van der Waals surface area contributed by atoms with Gasteiger partial charge in [0.1, 0.15) is 5.75 Å². The summed E-state index contributed by atoms with van der Waals surface area (Å²) in [6.07, 6.45) is 0.0212. The van der Waals surface area contributed by atoms with E-state index >= 15 is 0 Å². The molecule has 1 aromatic heterocycles. The van der Waals surface area contributed by atoms with Gasteiger partial charge in [-0.05, 0) is 42.9 Å². The van der Waals surface area contributed by atoms with Crippen LogP contribution in [0, 0.1) is 0 Å². The second-order valence-electron chi connectivity index (χ2n) is 7.18. The molecule has 1 saturated heterocycles. The van der Waals surface area contributed by atoms with E-state index in [1.165, 1.54) is 9.58 Å². The first kappa shape index (κ1) is 20.5. The highest BCUT2D eigenvalue weighted by Gasteiger charge is 2.42. The highest BCUT2D eigenvalue weighted by atomic mass is 16.6. The molecule has 1 aliphatic rings. The molecule has 9 heteroatoms. The van der Waals surface area contributed by atoms with Gasteiger partial charge in [0.25, 0.3) is 11.6 Å². The Morgan fingerprint density at radius 1 is 1.19 bits per heavy atom. The van der Waals surface area contributed by atoms with Crippen molar-refractivity contribution in [1.29, 1.82) is 0 Å². The third-order valence-electron chi connectivity index (χ3n) is 5.16. The highest BCUT2D eigenvalue weighted by molar-refractivity contribution is 6.22. The van der Waals surface area contributed by atoms with Gasteiger partial charge in [0.2, 0.25) is 11.6 Å². The van der Waals surface area contributed by atoms with E-state index in [0.717, 1.165) is 0 Å². The lowest BCUT2D eigenvalue weighted by Crippen LogP contribution is -2.44. The molecule has 0 saturated carbocycles. The van der Waals surface area contributed by atoms with E-state index in [9.17, 15) is 14.7 Å². The summed E-state index contributed by atoms with van der Waals surface area (Å²) in [6.45, 7) is 2.51. The van der Waals surface area contributed by atoms with Gasteiger partial charge in [-0.2, -0.15) is 0 Å². The maximum absolute atomic E-state index is 13.0. The predicted octanol–water partition coefficient (Wildman–Crippen LogP) is 1.19. The van der Waals surface area contributed by atoms with Gasteiger partial charge < -0.3 is 14.4 Å². The van der Waals surface area contributed by atoms with Crippen molar-refractivity contribution >= 4 is 17.5 Å². The van der Waals surface area contributed by atoms with Crippen LogP contribution in [-0.2, 0) is 16.1 Å². The van der Waals surface area contributed by atoms with Crippen LogP contribution in [0.15, 0.2) is 59.1 Å². The summed E-state index contributed by atoms with van der Waals surface area (Å²) in [5, 5.41) is 16.0. The quantitative estimate of drug-likeness (QED) is 0.416. The smallest absolute Gasteiger partial charge is 0.254 e. The van der Waals surface area contributed by atoms with E-state index in [1.807, 2.05) is 25.1 Å². The second-order valence-corrected chi connectivity index (χ2v) is 7.18. The van der Waals surface area contributed by atoms with Crippen molar-refractivity contribution in [3.63, 3.8) is 0 Å². The van der Waals surface area contributed by atoms with Gasteiger partial charge in [-0.1, -0.05) is 18.2 Å². The van der Waals surface area contributed by atoms with Crippen molar-refractivity contribution in [1.82, 2.24) is 10.2 Å². The van der Waals surface area contributed by atoms with E-state index in [0.29, 0.717) is 23.7 Å². The lowest BCUT2D eigenvalue weighted by Gasteiger charge is -2.21. The van der Waals surface area contributed by atoms with Crippen molar-refractivity contribution in [2.45, 2.75) is 25.9 Å². The van der Waals surface area contributed by atoms with Crippen LogP contribution in [0.1, 0.15) is 19.0 Å². The van der Waals surface area contributed by atoms with Gasteiger partial charge >= 0.3 is 0 Å². The SMILES string of the molecule is CCOc1ccc(N2C(=O)CC(N(C)Cc3c([O-])on[n+]3-c3ccccc3)C2=O)cc1. The molecule has 3 aromatic rings. The van der Waals surface area contributed by atoms with E-state index in [-0.39, 0.29) is 30.5 Å². The minimum Gasteiger partial charge on any atom is -0.539 e. The fraction of sp³-hybridized carbons (Fsp3) is 0.273. The number of para-hydroxylation sites is 1. The Balaban J connectivity index is 1.53. The normalized spacial score (nSPS) is 16.4. The molecular weight excluding hydrogens is 400 g/mol. The molecule has 4 rings (SSSR count). The number of rotatable bonds is 7. The third-order valence-corrected chi connectivity index (χ3v) is 5.16. The Bertz CT molecular complexity index is 1080. The fourth-order valence-corrected chi connectivity index (χ4v) is 3.61. The number of benzene rings is 2. The van der Waals surface area contributed by atoms with E-state index in [2.05, 4.69) is 5.27 Å². The maximum Gasteiger partial charge on any atom is 0.254 e. The van der Waals surface area contributed by atoms with Gasteiger partial charge in [0.05, 0.1) is 36.6 Å². The van der Waals surface area contributed by atoms with E-state index in [4.69, 9.17) is 9.26 Å². The number of aromatic nitrogens is 2. The van der Waals surface area contributed by atoms with Crippen molar-refractivity contribution in [3.8, 4) is 17.4 Å². The molecule has 1 fully saturated rings. The largest absolute Gasteiger partial charge is 0.539 e. The number of likely N-dealkylation sites (N-methyl/N-ethyl adjacent to an activating group) is 1. The standard InChI is InChI=1S/C22H22N4O5/c1-3-30-17-11-9-15(10-12-17)25-20(27)13-18(21(25)28)24(2)14-19-22(29)31-23-26(19)16-7-5-4-6-8-16/h4-12,18H,3,13-14H2,1-2H3. The van der Waals surface area contributed by atoms with Crippen LogP contribution in [0.4, 0.5) is 5.69 Å². The Labute approximate surface area is 179 Å². The minimum atomic E-state index is -0.697. The molecule has 1 aliphatic heterocycles. The Morgan fingerprint density at radius 3 is 2.58 bits per heavy atom. The average Bonchev–Trinajstić information content (AvgIpc) is 3.28. The molecule has 0 N–H and O–H groups in total. The van der Waals surface area contributed by atoms with Crippen molar-refractivity contribution < 1.29 is 28.6 Å². The number of nitrogens with zero attached hydrogens (tertiary/aromatic N) is 4. The molecule has 160 valence electrons. The lowest BCUT2D eigenvalue weighted by atomic mass is 10.2. The summed E-state index contributed by atoms with van der Waals surface area (Å²) in [4.78, 5) is 28.5. The predicted molar refractivity (Wildman–Crippen MR) is 107 cm³/mol. The zero-order chi connectivity index (χ0) is 22.0. The number of amides is 2. The van der Waals surface area contributed by atoms with Crippen LogP contribution in [0.5, 0.6) is 11.7 Å². The van der Waals surface area contributed by atoms with E-state index in [1.54, 1.807) is 48.3 Å². The summed E-state index contributed by atoms with van der Waals surface area (Å²) in [7, 11) is 1.69. The summed E-state index contributed by atoms with van der Waals surface area (Å²) in [5.74, 6) is -0.558. The lowest BCUT2D eigenvalue weighted by molar-refractivity contribution is -0.678. The van der Waals surface area contributed by atoms with E-state index < -0.39 is 12.0 Å². The maximum atomic E-state index is 13.0. The summed E-state index contributed by atoms with van der Waals surface area (Å²) in [5.41, 5.74) is 1.43. The number of anilines is 1. The number of ether oxygens (including phenoxy) is 1. The highest BCUT2D eigenvalue weighted by Crippen LogP contribution is 2.28. The van der Waals surface area contributed by atoms with Gasteiger partial charge in [-0.15, -0.1) is 0 Å². The molecule has 9 nitrogen and oxygen atoms in total. The molecule has 0 aliphatic carbocycles. The molecule has 0 bridgehead atoms. The van der Waals surface area contributed by atoms with Crippen LogP contribution in [0.25, 0.3) is 5.69 Å². The van der Waals surface area contributed by atoms with Crippen molar-refractivity contribution in [3.05, 3.63) is 60.3 Å². The third kappa shape index (κ3) is 3.99. The summed E-state index contributed by atoms with van der Waals surface area (Å²) in [6, 6.07) is 15.2. The van der Waals surface area contributed by atoms with Crippen molar-refractivity contribution in [2.75, 3.05) is 18.6 Å². The number of hydrogen-bond acceptors (Lipinski definition) is 7. The van der Waals surface area contributed by atoms with Gasteiger partial charge in [0.15, 0.2) is 5.95 Å². The van der Waals surface area contributed by atoms with Crippen LogP contribution >= 0.6 is 0 Å². The number of hydrogen-bond donors (Lipinski definition) is 0. The van der Waals surface area contributed by atoms with Crippen molar-refractivity contribution in [2.24, 2.45) is 0 Å². The average molecular weight is 422 g/mol. The molecule has 0 spiro atoms. The van der Waals surface area contributed by atoms with Gasteiger partial charge in [-0.3, -0.25) is 14.5 Å². The number of carbonyl (C=O) groups excluding carboxylic acids is 2. The summed E-state index contributed by atoms with van der Waals surface area (Å²) >= 11 is 0. The Hall–Kier alpha value is -3.72. The molecule has 0 radical (unpaired) electrons. The number of imide groups is 1. The number of carbonyl (C=O) groups is 2. The molecule has 1 atom stereocenters. The second kappa shape index (κ2) is 8.57. The van der Waals surface area contributed by atoms with Crippen LogP contribution in [0.2, 0.25) is 0 Å². The monoisotopic (exact) mass is 422 g/mol. The molecule has 1 unspecified atom stereocenters. The van der Waals surface area contributed by atoms with Gasteiger partial charge in [0, 0.05) is 12.1 Å². The minimum absolute atomic E-state index is 0.0212. The first-order valence-corrected chi connectivity index (χ1v) is 9.92. The zero-order valence-corrected chi connectivity index (χ0v) is 17.2. The molecule has 2 heterocycles. The zero-order valence-electron chi connectivity index (χ0n) is 17.2. The molecule has 2 amide bonds. The first-order chi connectivity index (χ1) is 15.0. The Morgan fingerprint density at radius 2 is 1.90 bits per heavy atom. The Kier molecular flexibility index (Phi) is 5.68. The van der Waals surface area contributed by atoms with Crippen LogP contribution < -0.4 is 19.4 Å². The van der Waals surface area contributed by atoms with Crippen LogP contribution in [-0.4, -0.2) is 41.7 Å². The molecule has 2 aromatic carbocycles. The van der Waals surface area contributed by atoms with Gasteiger partial charge in [-0.25, -0.2) is 4.90 Å². The topological polar surface area (TPSA) is 103 Å². The fourth-order valence-electron chi connectivity index (χ4n) is 3.61. The summed E-state index contributed by atoms with van der Waals surface area (Å²) < 4.78 is 11.7. The molecular formula is C22H22N4O5. The first-order valence-electron chi connectivity index (χ1n) is 9.92.